The number of hydrogen-bond donors (Lipinski definition) is 1. The van der Waals surface area contributed by atoms with Crippen LogP contribution in [0.5, 0.6) is 0 Å². The standard InChI is InChI=1S/C17H17N5O2S/c1-17(2)6-11-12(8-24-17)25-15-13(11)14-19-9-20-22(14)16(21-15)18-7-10-4-3-5-23-10/h3-5,9H,6-8H2,1-2H3,(H,18,21). The molecule has 0 spiro atoms. The van der Waals surface area contributed by atoms with E-state index in [1.807, 2.05) is 12.1 Å². The van der Waals surface area contributed by atoms with Crippen LogP contribution in [0.25, 0.3) is 15.9 Å². The Morgan fingerprint density at radius 1 is 1.40 bits per heavy atom. The molecular weight excluding hydrogens is 338 g/mol. The fourth-order valence-electron chi connectivity index (χ4n) is 3.25. The molecule has 0 amide bonds. The Bertz CT molecular complexity index is 1060. The average molecular weight is 355 g/mol. The second-order valence-corrected chi connectivity index (χ2v) is 7.86. The van der Waals surface area contributed by atoms with Gasteiger partial charge in [0, 0.05) is 11.3 Å². The number of rotatable bonds is 3. The van der Waals surface area contributed by atoms with Crippen LogP contribution in [0.3, 0.4) is 0 Å². The second kappa shape index (κ2) is 5.27. The van der Waals surface area contributed by atoms with Crippen LogP contribution in [0.1, 0.15) is 30.0 Å². The predicted molar refractivity (Wildman–Crippen MR) is 94.8 cm³/mol. The van der Waals surface area contributed by atoms with Crippen LogP contribution in [0.4, 0.5) is 5.95 Å². The summed E-state index contributed by atoms with van der Waals surface area (Å²) in [7, 11) is 0. The van der Waals surface area contributed by atoms with E-state index in [1.54, 1.807) is 28.4 Å². The summed E-state index contributed by atoms with van der Waals surface area (Å²) < 4.78 is 13.1. The molecule has 0 saturated carbocycles. The number of furan rings is 1. The number of thiophene rings is 1. The van der Waals surface area contributed by atoms with E-state index in [0.29, 0.717) is 19.1 Å². The highest BCUT2D eigenvalue weighted by atomic mass is 32.1. The lowest BCUT2D eigenvalue weighted by molar-refractivity contribution is -0.0379. The molecule has 8 heteroatoms. The zero-order valence-electron chi connectivity index (χ0n) is 13.9. The number of nitrogens with zero attached hydrogens (tertiary/aromatic N) is 4. The van der Waals surface area contributed by atoms with Gasteiger partial charge in [-0.05, 0) is 31.5 Å². The maximum Gasteiger partial charge on any atom is 0.227 e. The first-order valence-corrected chi connectivity index (χ1v) is 8.96. The third-order valence-electron chi connectivity index (χ3n) is 4.45. The van der Waals surface area contributed by atoms with E-state index in [4.69, 9.17) is 14.1 Å². The molecule has 0 aromatic carbocycles. The summed E-state index contributed by atoms with van der Waals surface area (Å²) in [5.41, 5.74) is 1.95. The Labute approximate surface area is 147 Å². The molecule has 0 radical (unpaired) electrons. The molecule has 0 bridgehead atoms. The van der Waals surface area contributed by atoms with E-state index in [-0.39, 0.29) is 5.60 Å². The third-order valence-corrected chi connectivity index (χ3v) is 5.55. The quantitative estimate of drug-likeness (QED) is 0.607. The monoisotopic (exact) mass is 355 g/mol. The summed E-state index contributed by atoms with van der Waals surface area (Å²) in [6.07, 6.45) is 4.09. The fourth-order valence-corrected chi connectivity index (χ4v) is 4.35. The van der Waals surface area contributed by atoms with Gasteiger partial charge in [-0.2, -0.15) is 9.61 Å². The third kappa shape index (κ3) is 2.40. The van der Waals surface area contributed by atoms with Gasteiger partial charge in [-0.15, -0.1) is 11.3 Å². The molecule has 1 N–H and O–H groups in total. The van der Waals surface area contributed by atoms with Crippen molar-refractivity contribution >= 4 is 33.1 Å². The molecule has 4 aromatic heterocycles. The average Bonchev–Trinajstić information content (AvgIpc) is 3.30. The van der Waals surface area contributed by atoms with Crippen molar-refractivity contribution in [1.82, 2.24) is 19.6 Å². The van der Waals surface area contributed by atoms with Crippen LogP contribution >= 0.6 is 11.3 Å². The van der Waals surface area contributed by atoms with Gasteiger partial charge in [0.2, 0.25) is 5.95 Å². The molecular formula is C17H17N5O2S. The number of aromatic nitrogens is 4. The molecule has 4 aromatic rings. The lowest BCUT2D eigenvalue weighted by Gasteiger charge is -2.30. The summed E-state index contributed by atoms with van der Waals surface area (Å²) in [5.74, 6) is 1.51. The molecule has 0 aliphatic carbocycles. The van der Waals surface area contributed by atoms with E-state index >= 15 is 0 Å². The molecule has 0 atom stereocenters. The Morgan fingerprint density at radius 2 is 2.32 bits per heavy atom. The van der Waals surface area contributed by atoms with Gasteiger partial charge in [-0.25, -0.2) is 9.97 Å². The summed E-state index contributed by atoms with van der Waals surface area (Å²) >= 11 is 1.68. The van der Waals surface area contributed by atoms with Crippen molar-refractivity contribution in [3.8, 4) is 0 Å². The minimum absolute atomic E-state index is 0.172. The molecule has 0 saturated heterocycles. The zero-order chi connectivity index (χ0) is 17.0. The maximum absolute atomic E-state index is 5.95. The van der Waals surface area contributed by atoms with E-state index in [9.17, 15) is 0 Å². The predicted octanol–water partition coefficient (Wildman–Crippen LogP) is 3.40. The highest BCUT2D eigenvalue weighted by molar-refractivity contribution is 7.19. The van der Waals surface area contributed by atoms with Gasteiger partial charge >= 0.3 is 0 Å². The Balaban J connectivity index is 1.64. The van der Waals surface area contributed by atoms with Gasteiger partial charge in [0.25, 0.3) is 0 Å². The molecule has 5 rings (SSSR count). The summed E-state index contributed by atoms with van der Waals surface area (Å²) in [6, 6.07) is 3.79. The van der Waals surface area contributed by atoms with E-state index < -0.39 is 0 Å². The Kier molecular flexibility index (Phi) is 3.13. The summed E-state index contributed by atoms with van der Waals surface area (Å²) in [4.78, 5) is 11.5. The van der Waals surface area contributed by atoms with Crippen LogP contribution in [-0.4, -0.2) is 25.2 Å². The summed E-state index contributed by atoms with van der Waals surface area (Å²) in [5, 5.41) is 8.75. The SMILES string of the molecule is CC1(C)Cc2c(sc3nc(NCc4ccco4)n4ncnc4c23)CO1. The molecule has 128 valence electrons. The first kappa shape index (κ1) is 14.9. The van der Waals surface area contributed by atoms with E-state index in [1.165, 1.54) is 10.4 Å². The zero-order valence-corrected chi connectivity index (χ0v) is 14.8. The van der Waals surface area contributed by atoms with Crippen LogP contribution in [0.2, 0.25) is 0 Å². The fraction of sp³-hybridized carbons (Fsp3) is 0.353. The molecule has 1 aliphatic heterocycles. The molecule has 5 heterocycles. The Hall–Kier alpha value is -2.45. The van der Waals surface area contributed by atoms with Crippen LogP contribution < -0.4 is 5.32 Å². The highest BCUT2D eigenvalue weighted by Crippen LogP contribution is 2.40. The first-order chi connectivity index (χ1) is 12.1. The van der Waals surface area contributed by atoms with Gasteiger partial charge < -0.3 is 14.5 Å². The highest BCUT2D eigenvalue weighted by Gasteiger charge is 2.31. The van der Waals surface area contributed by atoms with Crippen LogP contribution in [0.15, 0.2) is 29.1 Å². The lowest BCUT2D eigenvalue weighted by Crippen LogP contribution is -2.31. The van der Waals surface area contributed by atoms with Crippen LogP contribution in [0, 0.1) is 0 Å². The van der Waals surface area contributed by atoms with Crippen molar-refractivity contribution in [3.05, 3.63) is 40.9 Å². The lowest BCUT2D eigenvalue weighted by atomic mass is 9.94. The van der Waals surface area contributed by atoms with Crippen molar-refractivity contribution in [1.29, 1.82) is 0 Å². The summed E-state index contributed by atoms with van der Waals surface area (Å²) in [6.45, 7) is 5.40. The molecule has 7 nitrogen and oxygen atoms in total. The van der Waals surface area contributed by atoms with Gasteiger partial charge in [0.15, 0.2) is 5.65 Å². The van der Waals surface area contributed by atoms with E-state index in [2.05, 4.69) is 29.2 Å². The minimum atomic E-state index is -0.172. The molecule has 0 unspecified atom stereocenters. The number of nitrogens with one attached hydrogen (secondary N) is 1. The number of ether oxygens (including phenoxy) is 1. The van der Waals surface area contributed by atoms with Gasteiger partial charge in [0.05, 0.1) is 30.4 Å². The smallest absolute Gasteiger partial charge is 0.227 e. The van der Waals surface area contributed by atoms with E-state index in [0.717, 1.165) is 28.0 Å². The number of fused-ring (bicyclic) bond motifs is 5. The van der Waals surface area contributed by atoms with Crippen molar-refractivity contribution in [2.45, 2.75) is 39.0 Å². The van der Waals surface area contributed by atoms with Crippen molar-refractivity contribution in [3.63, 3.8) is 0 Å². The van der Waals surface area contributed by atoms with Gasteiger partial charge in [-0.3, -0.25) is 0 Å². The largest absolute Gasteiger partial charge is 0.467 e. The van der Waals surface area contributed by atoms with Gasteiger partial charge in [-0.1, -0.05) is 0 Å². The molecule has 0 fully saturated rings. The normalized spacial score (nSPS) is 16.4. The molecule has 25 heavy (non-hydrogen) atoms. The van der Waals surface area contributed by atoms with Crippen molar-refractivity contribution in [2.24, 2.45) is 0 Å². The second-order valence-electron chi connectivity index (χ2n) is 6.77. The molecule has 1 aliphatic rings. The minimum Gasteiger partial charge on any atom is -0.467 e. The van der Waals surface area contributed by atoms with Crippen molar-refractivity contribution in [2.75, 3.05) is 5.32 Å². The van der Waals surface area contributed by atoms with Gasteiger partial charge in [0.1, 0.15) is 16.9 Å². The maximum atomic E-state index is 5.95. The number of hydrogen-bond acceptors (Lipinski definition) is 7. The van der Waals surface area contributed by atoms with Crippen molar-refractivity contribution < 1.29 is 9.15 Å². The van der Waals surface area contributed by atoms with Crippen LogP contribution in [-0.2, 0) is 24.3 Å². The topological polar surface area (TPSA) is 77.5 Å². The Morgan fingerprint density at radius 3 is 3.16 bits per heavy atom. The number of anilines is 1. The first-order valence-electron chi connectivity index (χ1n) is 8.15.